The van der Waals surface area contributed by atoms with Gasteiger partial charge in [0.15, 0.2) is 15.0 Å². The Labute approximate surface area is 108 Å². The number of sulfone groups is 1. The van der Waals surface area contributed by atoms with Gasteiger partial charge in [-0.25, -0.2) is 8.42 Å². The van der Waals surface area contributed by atoms with Crippen molar-refractivity contribution in [3.63, 3.8) is 0 Å². The van der Waals surface area contributed by atoms with Crippen molar-refractivity contribution in [2.24, 2.45) is 16.8 Å². The first-order valence-corrected chi connectivity index (χ1v) is 8.91. The zero-order valence-electron chi connectivity index (χ0n) is 10.3. The lowest BCUT2D eigenvalue weighted by atomic mass is 10.1. The van der Waals surface area contributed by atoms with Crippen molar-refractivity contribution < 1.29 is 8.42 Å². The van der Waals surface area contributed by atoms with Crippen molar-refractivity contribution in [3.8, 4) is 0 Å². The number of aliphatic imine (C=N–C) groups is 1. The van der Waals surface area contributed by atoms with Gasteiger partial charge < -0.3 is 5.32 Å². The second-order valence-corrected chi connectivity index (χ2v) is 8.46. The van der Waals surface area contributed by atoms with Gasteiger partial charge in [0.1, 0.15) is 0 Å². The number of thioether (sulfide) groups is 1. The van der Waals surface area contributed by atoms with Gasteiger partial charge in [-0.2, -0.15) is 0 Å². The predicted molar refractivity (Wildman–Crippen MR) is 73.3 cm³/mol. The smallest absolute Gasteiger partial charge is 0.156 e. The molecular formula is C11H20N2O2S2. The maximum atomic E-state index is 11.3. The van der Waals surface area contributed by atoms with Crippen LogP contribution in [0.25, 0.3) is 0 Å². The Balaban J connectivity index is 1.83. The highest BCUT2D eigenvalue weighted by Gasteiger charge is 2.28. The number of amidine groups is 1. The zero-order valence-corrected chi connectivity index (χ0v) is 12.0. The van der Waals surface area contributed by atoms with Crippen LogP contribution in [0.3, 0.4) is 0 Å². The van der Waals surface area contributed by atoms with Gasteiger partial charge in [0, 0.05) is 18.3 Å². The van der Waals surface area contributed by atoms with Crippen LogP contribution in [0.1, 0.15) is 20.3 Å². The molecule has 0 bridgehead atoms. The monoisotopic (exact) mass is 276 g/mol. The molecule has 0 amide bonds. The number of hydrogen-bond acceptors (Lipinski definition) is 4. The average Bonchev–Trinajstić information content (AvgIpc) is 2.81. The molecular weight excluding hydrogens is 256 g/mol. The van der Waals surface area contributed by atoms with Gasteiger partial charge in [-0.15, -0.1) is 0 Å². The highest BCUT2D eigenvalue weighted by Crippen LogP contribution is 2.22. The number of nitrogens with one attached hydrogen (secondary N) is 1. The molecule has 6 heteroatoms. The van der Waals surface area contributed by atoms with E-state index in [-0.39, 0.29) is 5.92 Å². The maximum absolute atomic E-state index is 11.3. The van der Waals surface area contributed by atoms with Gasteiger partial charge in [-0.05, 0) is 18.3 Å². The van der Waals surface area contributed by atoms with Crippen LogP contribution in [0, 0.1) is 11.8 Å². The van der Waals surface area contributed by atoms with Crippen LogP contribution in [0.4, 0.5) is 0 Å². The maximum Gasteiger partial charge on any atom is 0.156 e. The summed E-state index contributed by atoms with van der Waals surface area (Å²) >= 11 is 1.75. The Hall–Kier alpha value is -0.230. The molecule has 2 aliphatic heterocycles. The first kappa shape index (κ1) is 13.2. The zero-order chi connectivity index (χ0) is 12.5. The van der Waals surface area contributed by atoms with Crippen molar-refractivity contribution in [1.29, 1.82) is 0 Å². The van der Waals surface area contributed by atoms with Crippen molar-refractivity contribution >= 4 is 26.8 Å². The molecule has 0 aliphatic carbocycles. The summed E-state index contributed by atoms with van der Waals surface area (Å²) in [5.41, 5.74) is 0. The van der Waals surface area contributed by atoms with E-state index in [1.54, 1.807) is 11.8 Å². The van der Waals surface area contributed by atoms with E-state index in [1.807, 2.05) is 0 Å². The van der Waals surface area contributed by atoms with E-state index in [2.05, 4.69) is 24.2 Å². The molecule has 0 saturated carbocycles. The van der Waals surface area contributed by atoms with E-state index in [4.69, 9.17) is 0 Å². The van der Waals surface area contributed by atoms with Gasteiger partial charge in [0.25, 0.3) is 0 Å². The normalized spacial score (nSPS) is 34.4. The Bertz CT molecular complexity index is 404. The summed E-state index contributed by atoms with van der Waals surface area (Å²) in [5.74, 6) is 2.58. The molecule has 0 aromatic rings. The minimum Gasteiger partial charge on any atom is -0.361 e. The van der Waals surface area contributed by atoms with Crippen LogP contribution in [-0.2, 0) is 9.84 Å². The van der Waals surface area contributed by atoms with Crippen molar-refractivity contribution in [2.45, 2.75) is 26.3 Å². The van der Waals surface area contributed by atoms with Crippen molar-refractivity contribution in [2.75, 3.05) is 23.8 Å². The van der Waals surface area contributed by atoms with E-state index >= 15 is 0 Å². The molecule has 2 atom stereocenters. The first-order chi connectivity index (χ1) is 7.96. The molecule has 2 unspecified atom stereocenters. The van der Waals surface area contributed by atoms with E-state index in [9.17, 15) is 8.42 Å². The topological polar surface area (TPSA) is 58.5 Å². The first-order valence-electron chi connectivity index (χ1n) is 6.10. The molecule has 2 rings (SSSR count). The molecule has 0 radical (unpaired) electrons. The number of hydrogen-bond donors (Lipinski definition) is 1. The Kier molecular flexibility index (Phi) is 4.02. The fourth-order valence-electron chi connectivity index (χ4n) is 2.09. The fourth-order valence-corrected chi connectivity index (χ4v) is 5.14. The Morgan fingerprint density at radius 1 is 1.53 bits per heavy atom. The second kappa shape index (κ2) is 5.18. The Morgan fingerprint density at radius 2 is 2.29 bits per heavy atom. The third-order valence-electron chi connectivity index (χ3n) is 3.33. The third-order valence-corrected chi connectivity index (χ3v) is 6.22. The minimum atomic E-state index is -2.76. The quantitative estimate of drug-likeness (QED) is 0.840. The molecule has 0 aromatic carbocycles. The number of nitrogens with zero attached hydrogens (tertiary/aromatic N) is 1. The summed E-state index contributed by atoms with van der Waals surface area (Å²) in [6.07, 6.45) is 0.775. The minimum absolute atomic E-state index is 0.230. The summed E-state index contributed by atoms with van der Waals surface area (Å²) in [7, 11) is -2.76. The van der Waals surface area contributed by atoms with Gasteiger partial charge in [-0.1, -0.05) is 25.6 Å². The summed E-state index contributed by atoms with van der Waals surface area (Å²) in [6, 6.07) is 0.506. The molecule has 0 aromatic heterocycles. The predicted octanol–water partition coefficient (Wildman–Crippen LogP) is 1.14. The van der Waals surface area contributed by atoms with E-state index in [1.165, 1.54) is 0 Å². The van der Waals surface area contributed by atoms with E-state index in [0.29, 0.717) is 30.0 Å². The molecule has 2 fully saturated rings. The molecule has 98 valence electrons. The lowest BCUT2D eigenvalue weighted by molar-refractivity contribution is 0.502. The van der Waals surface area contributed by atoms with Gasteiger partial charge in [0.2, 0.25) is 0 Å². The summed E-state index contributed by atoms with van der Waals surface area (Å²) in [4.78, 5) is 4.51. The summed E-state index contributed by atoms with van der Waals surface area (Å²) < 4.78 is 22.6. The van der Waals surface area contributed by atoms with Gasteiger partial charge in [0.05, 0.1) is 11.5 Å². The SMILES string of the molecule is CC(C)C1CSC(=NCC2CCS(=O)(=O)C2)N1. The fraction of sp³-hybridized carbons (Fsp3) is 0.909. The van der Waals surface area contributed by atoms with Crippen LogP contribution >= 0.6 is 11.8 Å². The molecule has 1 N–H and O–H groups in total. The van der Waals surface area contributed by atoms with Crippen LogP contribution < -0.4 is 5.32 Å². The van der Waals surface area contributed by atoms with Crippen molar-refractivity contribution in [3.05, 3.63) is 0 Å². The van der Waals surface area contributed by atoms with Gasteiger partial charge >= 0.3 is 0 Å². The molecule has 0 spiro atoms. The lowest BCUT2D eigenvalue weighted by Crippen LogP contribution is -2.31. The summed E-state index contributed by atoms with van der Waals surface area (Å²) in [5, 5.41) is 4.39. The van der Waals surface area contributed by atoms with Crippen LogP contribution in [-0.4, -0.2) is 43.4 Å². The van der Waals surface area contributed by atoms with E-state index in [0.717, 1.165) is 17.3 Å². The molecule has 17 heavy (non-hydrogen) atoms. The third kappa shape index (κ3) is 3.61. The average molecular weight is 276 g/mol. The largest absolute Gasteiger partial charge is 0.361 e. The molecule has 2 aliphatic rings. The Morgan fingerprint density at radius 3 is 2.82 bits per heavy atom. The van der Waals surface area contributed by atoms with Crippen molar-refractivity contribution in [1.82, 2.24) is 5.32 Å². The standard InChI is InChI=1S/C11H20N2O2S2/c1-8(2)10-6-16-11(13-10)12-5-9-3-4-17(14,15)7-9/h8-10H,3-7H2,1-2H3,(H,12,13). The van der Waals surface area contributed by atoms with Crippen LogP contribution in [0.15, 0.2) is 4.99 Å². The van der Waals surface area contributed by atoms with E-state index < -0.39 is 9.84 Å². The highest BCUT2D eigenvalue weighted by atomic mass is 32.2. The summed E-state index contributed by atoms with van der Waals surface area (Å²) in [6.45, 7) is 5.05. The number of rotatable bonds is 3. The van der Waals surface area contributed by atoms with Crippen LogP contribution in [0.2, 0.25) is 0 Å². The molecule has 2 saturated heterocycles. The van der Waals surface area contributed by atoms with Crippen LogP contribution in [0.5, 0.6) is 0 Å². The molecule has 2 heterocycles. The molecule has 4 nitrogen and oxygen atoms in total. The second-order valence-electron chi connectivity index (χ2n) is 5.22. The van der Waals surface area contributed by atoms with Gasteiger partial charge in [-0.3, -0.25) is 4.99 Å². The lowest BCUT2D eigenvalue weighted by Gasteiger charge is -2.13. The highest BCUT2D eigenvalue weighted by molar-refractivity contribution is 8.14.